The van der Waals surface area contributed by atoms with Gasteiger partial charge in [-0.15, -0.1) is 0 Å². The van der Waals surface area contributed by atoms with E-state index in [0.717, 1.165) is 0 Å². The van der Waals surface area contributed by atoms with E-state index in [9.17, 15) is 9.46 Å². The second-order valence-corrected chi connectivity index (χ2v) is 15.8. The summed E-state index contributed by atoms with van der Waals surface area (Å²) in [7, 11) is 0. The number of aromatic nitrogens is 8. The van der Waals surface area contributed by atoms with E-state index >= 15 is 0 Å². The third-order valence-corrected chi connectivity index (χ3v) is 10.7. The molecule has 0 aliphatic carbocycles. The van der Waals surface area contributed by atoms with Crippen molar-refractivity contribution in [2.45, 2.75) is 62.7 Å². The van der Waals surface area contributed by atoms with Gasteiger partial charge in [-0.1, -0.05) is 12.2 Å². The predicted octanol–water partition coefficient (Wildman–Crippen LogP) is 1.87. The summed E-state index contributed by atoms with van der Waals surface area (Å²) in [5.74, 6) is 0.420. The predicted molar refractivity (Wildman–Crippen MR) is 156 cm³/mol. The fourth-order valence-corrected chi connectivity index (χ4v) is 8.88. The van der Waals surface area contributed by atoms with Crippen LogP contribution in [0.3, 0.4) is 0 Å². The fraction of sp³-hybridized carbons (Fsp3) is 0.524. The molecule has 3 aliphatic heterocycles. The van der Waals surface area contributed by atoms with Gasteiger partial charge in [-0.3, -0.25) is 18.2 Å². The highest BCUT2D eigenvalue weighted by Gasteiger charge is 2.48. The Morgan fingerprint density at radius 1 is 0.884 bits per heavy atom. The molecule has 4 aromatic heterocycles. The fourth-order valence-electron chi connectivity index (χ4n) is 5.48. The van der Waals surface area contributed by atoms with Gasteiger partial charge >= 0.3 is 13.5 Å². The summed E-state index contributed by atoms with van der Waals surface area (Å²) in [5, 5.41) is 0. The number of rotatable bonds is 2. The number of fused-ring (bicyclic) bond motifs is 4. The normalized spacial score (nSPS) is 37.1. The van der Waals surface area contributed by atoms with Crippen LogP contribution < -0.4 is 11.5 Å². The second kappa shape index (κ2) is 10.9. The van der Waals surface area contributed by atoms with Crippen LogP contribution in [0, 0.1) is 0 Å². The first kappa shape index (κ1) is 29.4. The number of nitrogens with zero attached hydrogens (tertiary/aromatic N) is 8. The number of hydrogen-bond acceptors (Lipinski definition) is 16. The van der Waals surface area contributed by atoms with Crippen LogP contribution in [-0.2, 0) is 43.9 Å². The van der Waals surface area contributed by atoms with E-state index in [1.54, 1.807) is 16.1 Å². The maximum absolute atomic E-state index is 13.5. The SMILES string of the molecule is C[C@@H]1OP(O)(=S)O[C@H]2C[C@H](n3cnc4c(N)ncnc43)O[C@@H]2COP(=O)(S)O[C@H]2C[C@H](n3cnc4c(N)ncnc43)OC12. The highest BCUT2D eigenvalue weighted by Crippen LogP contribution is 2.59. The summed E-state index contributed by atoms with van der Waals surface area (Å²) < 4.78 is 52.7. The van der Waals surface area contributed by atoms with Crippen LogP contribution in [0.15, 0.2) is 25.3 Å². The van der Waals surface area contributed by atoms with Crippen LogP contribution in [0.5, 0.6) is 0 Å². The molecule has 0 saturated carbocycles. The molecule has 4 aromatic rings. The molecule has 3 saturated heterocycles. The standard InChI is InChI=1S/C21H26N10O8P2S2/c1-9-17-11(3-14(36-17)31-8-29-16-19(23)25-6-27-21(16)31)39-40(32,42)34-4-12-10(38-41(33,43)37-9)2-13(35-12)30-7-28-15-18(22)24-5-26-20(15)30/h5-14,17H,2-4H2,1H3,(H,32,42)(H,33,43)(H2,22,24,26)(H2,23,25,27)/t9-,10-,11-,12+,13+,14+,17?,40?,41?/m0/s1. The molecule has 230 valence electrons. The zero-order chi connectivity index (χ0) is 30.1. The monoisotopic (exact) mass is 672 g/mol. The summed E-state index contributed by atoms with van der Waals surface area (Å²) in [6.07, 6.45) is 0.411. The average molecular weight is 673 g/mol. The lowest BCUT2D eigenvalue weighted by molar-refractivity contribution is -0.0773. The number of nitrogen functional groups attached to an aromatic ring is 2. The molecule has 43 heavy (non-hydrogen) atoms. The summed E-state index contributed by atoms with van der Waals surface area (Å²) in [4.78, 5) is 36.1. The molecule has 3 unspecified atom stereocenters. The zero-order valence-corrected chi connectivity index (χ0v) is 25.8. The van der Waals surface area contributed by atoms with Gasteiger partial charge in [-0.2, -0.15) is 0 Å². The van der Waals surface area contributed by atoms with E-state index in [2.05, 4.69) is 42.2 Å². The number of anilines is 2. The van der Waals surface area contributed by atoms with Gasteiger partial charge in [0.25, 0.3) is 0 Å². The van der Waals surface area contributed by atoms with Crippen LogP contribution in [0.2, 0.25) is 0 Å². The van der Waals surface area contributed by atoms with Gasteiger partial charge in [0.05, 0.1) is 31.5 Å². The quantitative estimate of drug-likeness (QED) is 0.176. The average Bonchev–Trinajstić information content (AvgIpc) is 3.71. The first-order valence-electron chi connectivity index (χ1n) is 13.0. The number of nitrogens with two attached hydrogens (primary N) is 2. The van der Waals surface area contributed by atoms with Crippen molar-refractivity contribution in [3.63, 3.8) is 0 Å². The molecule has 0 aromatic carbocycles. The van der Waals surface area contributed by atoms with E-state index in [0.29, 0.717) is 22.3 Å². The molecule has 5 N–H and O–H groups in total. The lowest BCUT2D eigenvalue weighted by atomic mass is 10.1. The van der Waals surface area contributed by atoms with E-state index in [1.807, 2.05) is 0 Å². The minimum Gasteiger partial charge on any atom is -0.382 e. The molecule has 3 aliphatic rings. The molecule has 0 spiro atoms. The minimum atomic E-state index is -3.98. The zero-order valence-electron chi connectivity index (χ0n) is 22.3. The van der Waals surface area contributed by atoms with Crippen LogP contribution in [0.1, 0.15) is 32.2 Å². The summed E-state index contributed by atoms with van der Waals surface area (Å²) in [5.41, 5.74) is 13.5. The van der Waals surface area contributed by atoms with E-state index < -0.39 is 56.5 Å². The van der Waals surface area contributed by atoms with Crippen LogP contribution in [0.4, 0.5) is 11.6 Å². The van der Waals surface area contributed by atoms with Gasteiger partial charge < -0.3 is 34.9 Å². The van der Waals surface area contributed by atoms with E-state index in [4.69, 9.17) is 50.8 Å². The Hall–Kier alpha value is -2.35. The molecule has 7 heterocycles. The summed E-state index contributed by atoms with van der Waals surface area (Å²) >= 11 is 9.63. The number of thiol groups is 1. The Kier molecular flexibility index (Phi) is 7.46. The van der Waals surface area contributed by atoms with E-state index in [1.165, 1.54) is 25.3 Å². The topological polar surface area (TPSA) is 232 Å². The van der Waals surface area contributed by atoms with Gasteiger partial charge in [0.2, 0.25) is 0 Å². The lowest BCUT2D eigenvalue weighted by Crippen LogP contribution is -2.37. The molecule has 0 bridgehead atoms. The Morgan fingerprint density at radius 3 is 2.09 bits per heavy atom. The highest BCUT2D eigenvalue weighted by atomic mass is 32.7. The molecule has 18 nitrogen and oxygen atoms in total. The second-order valence-electron chi connectivity index (χ2n) is 10.2. The minimum absolute atomic E-state index is 0.181. The molecular formula is C21H26N10O8P2S2. The first-order chi connectivity index (χ1) is 20.5. The number of hydrogen-bond donors (Lipinski definition) is 4. The largest absolute Gasteiger partial charge is 0.386 e. The van der Waals surface area contributed by atoms with Crippen LogP contribution in [-0.4, -0.2) is 81.1 Å². The lowest BCUT2D eigenvalue weighted by Gasteiger charge is -2.31. The van der Waals surface area contributed by atoms with Gasteiger partial charge in [-0.25, -0.2) is 34.5 Å². The van der Waals surface area contributed by atoms with Crippen LogP contribution in [0.25, 0.3) is 22.3 Å². The van der Waals surface area contributed by atoms with Gasteiger partial charge in [0.1, 0.15) is 54.5 Å². The Labute approximate surface area is 253 Å². The van der Waals surface area contributed by atoms with E-state index in [-0.39, 0.29) is 31.1 Å². The van der Waals surface area contributed by atoms with Crippen molar-refractivity contribution in [2.24, 2.45) is 0 Å². The van der Waals surface area contributed by atoms with Crippen LogP contribution >= 0.6 is 25.8 Å². The number of imidazole rings is 2. The molecule has 3 fully saturated rings. The maximum atomic E-state index is 13.5. The maximum Gasteiger partial charge on any atom is 0.386 e. The van der Waals surface area contributed by atoms with Gasteiger partial charge in [0, 0.05) is 12.8 Å². The van der Waals surface area contributed by atoms with Crippen molar-refractivity contribution in [3.8, 4) is 0 Å². The van der Waals surface area contributed by atoms with Gasteiger partial charge in [0.15, 0.2) is 22.9 Å². The highest BCUT2D eigenvalue weighted by molar-refractivity contribution is 8.44. The third-order valence-electron chi connectivity index (χ3n) is 7.39. The molecule has 9 atom stereocenters. The van der Waals surface area contributed by atoms with Crippen molar-refractivity contribution in [1.29, 1.82) is 0 Å². The molecule has 7 rings (SSSR count). The first-order valence-corrected chi connectivity index (χ1v) is 18.3. The molecule has 0 radical (unpaired) electrons. The van der Waals surface area contributed by atoms with Crippen molar-refractivity contribution in [2.75, 3.05) is 18.1 Å². The molecule has 22 heteroatoms. The Bertz CT molecular complexity index is 1800. The summed E-state index contributed by atoms with van der Waals surface area (Å²) in [6.45, 7) is -6.49. The van der Waals surface area contributed by atoms with Crippen molar-refractivity contribution >= 4 is 71.5 Å². The molecule has 0 amide bonds. The van der Waals surface area contributed by atoms with Crippen molar-refractivity contribution in [1.82, 2.24) is 39.0 Å². The van der Waals surface area contributed by atoms with Gasteiger partial charge in [-0.05, 0) is 18.7 Å². The third kappa shape index (κ3) is 5.55. The number of ether oxygens (including phenoxy) is 2. The van der Waals surface area contributed by atoms with Crippen molar-refractivity contribution < 1.29 is 37.0 Å². The Balaban J connectivity index is 1.15. The smallest absolute Gasteiger partial charge is 0.382 e. The van der Waals surface area contributed by atoms with Crippen molar-refractivity contribution in [3.05, 3.63) is 25.3 Å². The summed E-state index contributed by atoms with van der Waals surface area (Å²) in [6, 6.07) is 0. The molecular weight excluding hydrogens is 646 g/mol. The Morgan fingerprint density at radius 2 is 1.47 bits per heavy atom.